The van der Waals surface area contributed by atoms with Gasteiger partial charge in [-0.15, -0.1) is 0 Å². The molecule has 21 heavy (non-hydrogen) atoms. The first-order chi connectivity index (χ1) is 10.3. The zero-order chi connectivity index (χ0) is 15.1. The molecule has 1 N–H and O–H groups in total. The lowest BCUT2D eigenvalue weighted by Gasteiger charge is -2.20. The Morgan fingerprint density at radius 1 is 1.24 bits per heavy atom. The van der Waals surface area contributed by atoms with E-state index in [-0.39, 0.29) is 11.8 Å². The third-order valence-electron chi connectivity index (χ3n) is 4.09. The van der Waals surface area contributed by atoms with E-state index in [1.807, 2.05) is 0 Å². The summed E-state index contributed by atoms with van der Waals surface area (Å²) in [7, 11) is 1.54. The van der Waals surface area contributed by atoms with Crippen molar-refractivity contribution in [3.05, 3.63) is 23.8 Å². The number of carbonyl (C=O) groups is 1. The highest BCUT2D eigenvalue weighted by atomic mass is 16.5. The Kier molecular flexibility index (Phi) is 5.62. The SMILES string of the molecule is COc1cccc(C#N)c1NC(=O)C1CCCCCCC1. The Morgan fingerprint density at radius 2 is 1.90 bits per heavy atom. The number of para-hydroxylation sites is 1. The van der Waals surface area contributed by atoms with Crippen LogP contribution >= 0.6 is 0 Å². The van der Waals surface area contributed by atoms with Crippen LogP contribution in [-0.2, 0) is 4.79 Å². The highest BCUT2D eigenvalue weighted by Gasteiger charge is 2.21. The number of ether oxygens (including phenoxy) is 1. The number of nitrogens with one attached hydrogen (secondary N) is 1. The number of hydrogen-bond donors (Lipinski definition) is 1. The second-order valence-electron chi connectivity index (χ2n) is 5.53. The van der Waals surface area contributed by atoms with Gasteiger partial charge in [-0.2, -0.15) is 5.26 Å². The molecule has 0 aromatic heterocycles. The third-order valence-corrected chi connectivity index (χ3v) is 4.09. The number of hydrogen-bond acceptors (Lipinski definition) is 3. The van der Waals surface area contributed by atoms with Crippen LogP contribution in [0.25, 0.3) is 0 Å². The zero-order valence-corrected chi connectivity index (χ0v) is 12.5. The standard InChI is InChI=1S/C17H22N2O2/c1-21-15-11-7-10-14(12-18)16(15)19-17(20)13-8-5-3-2-4-6-9-13/h7,10-11,13H,2-6,8-9H2,1H3,(H,19,20). The highest BCUT2D eigenvalue weighted by Crippen LogP contribution is 2.30. The summed E-state index contributed by atoms with van der Waals surface area (Å²) in [5.74, 6) is 0.591. The minimum Gasteiger partial charge on any atom is -0.495 e. The molecule has 4 nitrogen and oxygen atoms in total. The molecular weight excluding hydrogens is 264 g/mol. The van der Waals surface area contributed by atoms with Crippen LogP contribution in [0.4, 0.5) is 5.69 Å². The maximum atomic E-state index is 12.5. The van der Waals surface area contributed by atoms with Crippen molar-refractivity contribution in [2.45, 2.75) is 44.9 Å². The Balaban J connectivity index is 2.13. The summed E-state index contributed by atoms with van der Waals surface area (Å²) >= 11 is 0. The number of rotatable bonds is 3. The van der Waals surface area contributed by atoms with Gasteiger partial charge >= 0.3 is 0 Å². The summed E-state index contributed by atoms with van der Waals surface area (Å²) in [5.41, 5.74) is 0.933. The molecule has 2 rings (SSSR count). The van der Waals surface area contributed by atoms with Crippen molar-refractivity contribution in [1.29, 1.82) is 5.26 Å². The van der Waals surface area contributed by atoms with E-state index in [2.05, 4.69) is 11.4 Å². The molecule has 0 atom stereocenters. The van der Waals surface area contributed by atoms with Crippen LogP contribution in [0.3, 0.4) is 0 Å². The fraction of sp³-hybridized carbons (Fsp3) is 0.529. The number of benzene rings is 1. The smallest absolute Gasteiger partial charge is 0.227 e. The van der Waals surface area contributed by atoms with Crippen molar-refractivity contribution < 1.29 is 9.53 Å². The molecule has 1 fully saturated rings. The summed E-state index contributed by atoms with van der Waals surface area (Å²) < 4.78 is 5.25. The van der Waals surface area contributed by atoms with Crippen molar-refractivity contribution in [1.82, 2.24) is 0 Å². The van der Waals surface area contributed by atoms with E-state index in [9.17, 15) is 10.1 Å². The van der Waals surface area contributed by atoms with Gasteiger partial charge in [0.05, 0.1) is 12.7 Å². The first kappa shape index (κ1) is 15.4. The molecule has 4 heteroatoms. The van der Waals surface area contributed by atoms with Crippen LogP contribution in [0, 0.1) is 17.2 Å². The molecule has 1 aliphatic rings. The van der Waals surface area contributed by atoms with Crippen LogP contribution in [0.2, 0.25) is 0 Å². The second-order valence-corrected chi connectivity index (χ2v) is 5.53. The Labute approximate surface area is 126 Å². The number of anilines is 1. The first-order valence-electron chi connectivity index (χ1n) is 7.64. The van der Waals surface area contributed by atoms with Crippen molar-refractivity contribution in [3.8, 4) is 11.8 Å². The van der Waals surface area contributed by atoms with Crippen molar-refractivity contribution in [3.63, 3.8) is 0 Å². The molecule has 1 aliphatic carbocycles. The van der Waals surface area contributed by atoms with E-state index in [4.69, 9.17) is 4.74 Å². The van der Waals surface area contributed by atoms with Gasteiger partial charge in [0.1, 0.15) is 17.5 Å². The summed E-state index contributed by atoms with van der Waals surface area (Å²) in [4.78, 5) is 12.5. The Bertz CT molecular complexity index is 526. The van der Waals surface area contributed by atoms with Crippen molar-refractivity contribution in [2.24, 2.45) is 5.92 Å². The molecule has 0 spiro atoms. The Morgan fingerprint density at radius 3 is 2.52 bits per heavy atom. The van der Waals surface area contributed by atoms with E-state index in [0.29, 0.717) is 17.0 Å². The predicted molar refractivity (Wildman–Crippen MR) is 82.1 cm³/mol. The van der Waals surface area contributed by atoms with Crippen LogP contribution in [0.1, 0.15) is 50.5 Å². The molecule has 112 valence electrons. The first-order valence-corrected chi connectivity index (χ1v) is 7.64. The number of carbonyl (C=O) groups excluding carboxylic acids is 1. The van der Waals surface area contributed by atoms with Gasteiger partial charge in [0, 0.05) is 5.92 Å². The molecule has 1 amide bonds. The molecule has 0 saturated heterocycles. The fourth-order valence-electron chi connectivity index (χ4n) is 2.87. The Hall–Kier alpha value is -2.02. The molecule has 1 aromatic carbocycles. The monoisotopic (exact) mass is 286 g/mol. The van der Waals surface area contributed by atoms with Gasteiger partial charge in [-0.1, -0.05) is 38.2 Å². The average molecular weight is 286 g/mol. The minimum absolute atomic E-state index is 0.0119. The molecule has 0 aliphatic heterocycles. The molecule has 0 bridgehead atoms. The van der Waals surface area contributed by atoms with Crippen molar-refractivity contribution in [2.75, 3.05) is 12.4 Å². The number of nitrogens with zero attached hydrogens (tertiary/aromatic N) is 1. The number of methoxy groups -OCH3 is 1. The predicted octanol–water partition coefficient (Wildman–Crippen LogP) is 3.87. The van der Waals surface area contributed by atoms with E-state index in [1.54, 1.807) is 25.3 Å². The molecule has 0 unspecified atom stereocenters. The third kappa shape index (κ3) is 3.98. The van der Waals surface area contributed by atoms with E-state index < -0.39 is 0 Å². The highest BCUT2D eigenvalue weighted by molar-refractivity contribution is 5.95. The van der Waals surface area contributed by atoms with E-state index in [1.165, 1.54) is 19.3 Å². The lowest BCUT2D eigenvalue weighted by molar-refractivity contribution is -0.120. The number of nitriles is 1. The van der Waals surface area contributed by atoms with Gasteiger partial charge in [0.25, 0.3) is 0 Å². The van der Waals surface area contributed by atoms with Gasteiger partial charge in [0.2, 0.25) is 5.91 Å². The summed E-state index contributed by atoms with van der Waals surface area (Å²) in [6.45, 7) is 0. The molecule has 0 heterocycles. The van der Waals surface area contributed by atoms with Gasteiger partial charge in [-0.05, 0) is 25.0 Å². The van der Waals surface area contributed by atoms with Gasteiger partial charge < -0.3 is 10.1 Å². The fourth-order valence-corrected chi connectivity index (χ4v) is 2.87. The summed E-state index contributed by atoms with van der Waals surface area (Å²) in [6.07, 6.45) is 7.78. The van der Waals surface area contributed by atoms with Crippen LogP contribution in [-0.4, -0.2) is 13.0 Å². The van der Waals surface area contributed by atoms with Crippen LogP contribution in [0.15, 0.2) is 18.2 Å². The van der Waals surface area contributed by atoms with Gasteiger partial charge in [-0.3, -0.25) is 4.79 Å². The molecule has 1 saturated carbocycles. The summed E-state index contributed by atoms with van der Waals surface area (Å²) in [5, 5.41) is 12.1. The van der Waals surface area contributed by atoms with Gasteiger partial charge in [-0.25, -0.2) is 0 Å². The maximum Gasteiger partial charge on any atom is 0.227 e. The quantitative estimate of drug-likeness (QED) is 0.917. The minimum atomic E-state index is 0.0119. The lowest BCUT2D eigenvalue weighted by Crippen LogP contribution is -2.24. The lowest BCUT2D eigenvalue weighted by atomic mass is 9.90. The molecule has 0 radical (unpaired) electrons. The second kappa shape index (κ2) is 7.68. The molecule has 1 aromatic rings. The van der Waals surface area contributed by atoms with Gasteiger partial charge in [0.15, 0.2) is 0 Å². The maximum absolute atomic E-state index is 12.5. The molecular formula is C17H22N2O2. The van der Waals surface area contributed by atoms with Crippen molar-refractivity contribution >= 4 is 11.6 Å². The zero-order valence-electron chi connectivity index (χ0n) is 12.5. The number of amides is 1. The topological polar surface area (TPSA) is 62.1 Å². The van der Waals surface area contributed by atoms with Crippen LogP contribution in [0.5, 0.6) is 5.75 Å². The average Bonchev–Trinajstić information content (AvgIpc) is 2.46. The van der Waals surface area contributed by atoms with E-state index >= 15 is 0 Å². The largest absolute Gasteiger partial charge is 0.495 e. The normalized spacial score (nSPS) is 16.4. The summed E-state index contributed by atoms with van der Waals surface area (Å²) in [6, 6.07) is 7.31. The van der Waals surface area contributed by atoms with Crippen LogP contribution < -0.4 is 10.1 Å². The van der Waals surface area contributed by atoms with E-state index in [0.717, 1.165) is 25.7 Å².